The molecule has 1 heterocycles. The number of carbonyl (C=O) groups excluding carboxylic acids is 1. The first-order valence-electron chi connectivity index (χ1n) is 4.78. The van der Waals surface area contributed by atoms with Crippen LogP contribution >= 0.6 is 15.9 Å². The van der Waals surface area contributed by atoms with Gasteiger partial charge in [-0.1, -0.05) is 21.1 Å². The maximum atomic E-state index is 11.1. The third-order valence-corrected chi connectivity index (χ3v) is 2.75. The van der Waals surface area contributed by atoms with Crippen LogP contribution in [0, 0.1) is 6.92 Å². The highest BCUT2D eigenvalue weighted by Crippen LogP contribution is 2.18. The van der Waals surface area contributed by atoms with Gasteiger partial charge in [0.1, 0.15) is 5.69 Å². The van der Waals surface area contributed by atoms with E-state index in [1.54, 1.807) is 10.9 Å². The van der Waals surface area contributed by atoms with E-state index in [9.17, 15) is 4.79 Å². The number of halogens is 1. The molecule has 4 nitrogen and oxygen atoms in total. The number of rotatable bonds is 2. The maximum Gasteiger partial charge on any atom is 0.181 e. The maximum absolute atomic E-state index is 11.1. The SMILES string of the molecule is CC(=O)c1cn(-c2ccc(Br)cc2C)nn1. The molecule has 0 aliphatic rings. The highest BCUT2D eigenvalue weighted by atomic mass is 79.9. The molecule has 0 atom stereocenters. The Kier molecular flexibility index (Phi) is 2.87. The summed E-state index contributed by atoms with van der Waals surface area (Å²) >= 11 is 3.40. The number of hydrogen-bond donors (Lipinski definition) is 0. The standard InChI is InChI=1S/C11H10BrN3O/c1-7-5-9(12)3-4-11(7)15-6-10(8(2)16)13-14-15/h3-6H,1-2H3. The molecule has 1 aromatic carbocycles. The smallest absolute Gasteiger partial charge is 0.181 e. The summed E-state index contributed by atoms with van der Waals surface area (Å²) in [6.45, 7) is 3.46. The molecule has 2 aromatic rings. The molecule has 0 N–H and O–H groups in total. The Labute approximate surface area is 101 Å². The van der Waals surface area contributed by atoms with Crippen LogP contribution in [0.3, 0.4) is 0 Å². The van der Waals surface area contributed by atoms with Gasteiger partial charge in [-0.25, -0.2) is 4.68 Å². The predicted molar refractivity (Wildman–Crippen MR) is 63.8 cm³/mol. The molecule has 0 saturated heterocycles. The minimum atomic E-state index is -0.0824. The summed E-state index contributed by atoms with van der Waals surface area (Å²) in [5.41, 5.74) is 2.36. The fourth-order valence-electron chi connectivity index (χ4n) is 1.42. The Morgan fingerprint density at radius 3 is 2.75 bits per heavy atom. The molecule has 82 valence electrons. The number of ketones is 1. The summed E-state index contributed by atoms with van der Waals surface area (Å²) in [5, 5.41) is 7.74. The van der Waals surface area contributed by atoms with Crippen molar-refractivity contribution in [2.24, 2.45) is 0 Å². The second kappa shape index (κ2) is 4.17. The number of carbonyl (C=O) groups is 1. The number of Topliss-reactive ketones (excluding diaryl/α,β-unsaturated/α-hetero) is 1. The van der Waals surface area contributed by atoms with Crippen molar-refractivity contribution >= 4 is 21.7 Å². The van der Waals surface area contributed by atoms with Crippen molar-refractivity contribution in [2.45, 2.75) is 13.8 Å². The number of benzene rings is 1. The molecule has 2 rings (SSSR count). The topological polar surface area (TPSA) is 47.8 Å². The van der Waals surface area contributed by atoms with Gasteiger partial charge in [0.05, 0.1) is 11.9 Å². The molecule has 0 fully saturated rings. The molecule has 0 spiro atoms. The van der Waals surface area contributed by atoms with Gasteiger partial charge in [-0.15, -0.1) is 5.10 Å². The molecular weight excluding hydrogens is 270 g/mol. The summed E-state index contributed by atoms with van der Waals surface area (Å²) in [7, 11) is 0. The van der Waals surface area contributed by atoms with E-state index in [0.717, 1.165) is 15.7 Å². The van der Waals surface area contributed by atoms with Gasteiger partial charge in [-0.05, 0) is 30.7 Å². The number of aryl methyl sites for hydroxylation is 1. The molecule has 0 aliphatic heterocycles. The largest absolute Gasteiger partial charge is 0.293 e. The third kappa shape index (κ3) is 2.04. The van der Waals surface area contributed by atoms with Crippen LogP contribution < -0.4 is 0 Å². The summed E-state index contributed by atoms with van der Waals surface area (Å²) in [4.78, 5) is 11.1. The van der Waals surface area contributed by atoms with Crippen molar-refractivity contribution in [3.05, 3.63) is 40.1 Å². The van der Waals surface area contributed by atoms with Gasteiger partial charge in [0, 0.05) is 11.4 Å². The van der Waals surface area contributed by atoms with Gasteiger partial charge in [0.15, 0.2) is 5.78 Å². The zero-order valence-electron chi connectivity index (χ0n) is 8.94. The zero-order chi connectivity index (χ0) is 11.7. The van der Waals surface area contributed by atoms with E-state index in [1.165, 1.54) is 6.92 Å². The van der Waals surface area contributed by atoms with Crippen molar-refractivity contribution in [3.63, 3.8) is 0 Å². The number of aromatic nitrogens is 3. The Hall–Kier alpha value is -1.49. The van der Waals surface area contributed by atoms with Crippen LogP contribution in [0.2, 0.25) is 0 Å². The van der Waals surface area contributed by atoms with E-state index in [4.69, 9.17) is 0 Å². The van der Waals surface area contributed by atoms with E-state index in [0.29, 0.717) is 5.69 Å². The molecule has 1 aromatic heterocycles. The number of hydrogen-bond acceptors (Lipinski definition) is 3. The fourth-order valence-corrected chi connectivity index (χ4v) is 1.89. The Morgan fingerprint density at radius 1 is 1.44 bits per heavy atom. The normalized spacial score (nSPS) is 10.4. The average Bonchev–Trinajstić information content (AvgIpc) is 2.66. The fraction of sp³-hybridized carbons (Fsp3) is 0.182. The van der Waals surface area contributed by atoms with Crippen LogP contribution in [0.5, 0.6) is 0 Å². The van der Waals surface area contributed by atoms with Gasteiger partial charge < -0.3 is 0 Å². The van der Waals surface area contributed by atoms with Crippen molar-refractivity contribution in [3.8, 4) is 5.69 Å². The summed E-state index contributed by atoms with van der Waals surface area (Å²) in [5.74, 6) is -0.0824. The molecule has 0 radical (unpaired) electrons. The van der Waals surface area contributed by atoms with E-state index < -0.39 is 0 Å². The second-order valence-electron chi connectivity index (χ2n) is 3.54. The molecule has 0 bridgehead atoms. The number of nitrogens with zero attached hydrogens (tertiary/aromatic N) is 3. The van der Waals surface area contributed by atoms with Crippen molar-refractivity contribution in [1.29, 1.82) is 0 Å². The van der Waals surface area contributed by atoms with Gasteiger partial charge in [0.25, 0.3) is 0 Å². The summed E-state index contributed by atoms with van der Waals surface area (Å²) in [6.07, 6.45) is 1.64. The molecular formula is C11H10BrN3O. The molecule has 0 unspecified atom stereocenters. The molecule has 5 heteroatoms. The lowest BCUT2D eigenvalue weighted by Gasteiger charge is -2.04. The van der Waals surface area contributed by atoms with E-state index in [2.05, 4.69) is 26.2 Å². The average molecular weight is 280 g/mol. The lowest BCUT2D eigenvalue weighted by molar-refractivity contribution is 0.101. The quantitative estimate of drug-likeness (QED) is 0.794. The zero-order valence-corrected chi connectivity index (χ0v) is 10.5. The van der Waals surface area contributed by atoms with E-state index >= 15 is 0 Å². The second-order valence-corrected chi connectivity index (χ2v) is 4.45. The minimum absolute atomic E-state index is 0.0824. The third-order valence-electron chi connectivity index (χ3n) is 2.26. The predicted octanol–water partition coefficient (Wildman–Crippen LogP) is 2.54. The van der Waals surface area contributed by atoms with Crippen LogP contribution in [0.25, 0.3) is 5.69 Å². The van der Waals surface area contributed by atoms with Crippen LogP contribution in [-0.2, 0) is 0 Å². The lowest BCUT2D eigenvalue weighted by Crippen LogP contribution is -1.97. The minimum Gasteiger partial charge on any atom is -0.293 e. The molecule has 16 heavy (non-hydrogen) atoms. The van der Waals surface area contributed by atoms with Crippen molar-refractivity contribution in [2.75, 3.05) is 0 Å². The van der Waals surface area contributed by atoms with Crippen LogP contribution in [-0.4, -0.2) is 20.8 Å². The van der Waals surface area contributed by atoms with E-state index in [1.807, 2.05) is 25.1 Å². The van der Waals surface area contributed by atoms with Crippen LogP contribution in [0.1, 0.15) is 23.0 Å². The first-order valence-corrected chi connectivity index (χ1v) is 5.57. The van der Waals surface area contributed by atoms with Crippen LogP contribution in [0.4, 0.5) is 0 Å². The van der Waals surface area contributed by atoms with Gasteiger partial charge >= 0.3 is 0 Å². The highest BCUT2D eigenvalue weighted by molar-refractivity contribution is 9.10. The van der Waals surface area contributed by atoms with Crippen LogP contribution in [0.15, 0.2) is 28.9 Å². The Bertz CT molecular complexity index is 548. The first kappa shape index (κ1) is 11.0. The monoisotopic (exact) mass is 279 g/mol. The summed E-state index contributed by atoms with van der Waals surface area (Å²) < 4.78 is 2.62. The first-order chi connectivity index (χ1) is 7.58. The van der Waals surface area contributed by atoms with Crippen molar-refractivity contribution in [1.82, 2.24) is 15.0 Å². The highest BCUT2D eigenvalue weighted by Gasteiger charge is 2.08. The molecule has 0 saturated carbocycles. The van der Waals surface area contributed by atoms with E-state index in [-0.39, 0.29) is 5.78 Å². The van der Waals surface area contributed by atoms with Gasteiger partial charge in [-0.2, -0.15) is 0 Å². The Balaban J connectivity index is 2.46. The summed E-state index contributed by atoms with van der Waals surface area (Å²) in [6, 6.07) is 5.85. The Morgan fingerprint density at radius 2 is 2.19 bits per heavy atom. The molecule has 0 aliphatic carbocycles. The van der Waals surface area contributed by atoms with Gasteiger partial charge in [0.2, 0.25) is 0 Å². The lowest BCUT2D eigenvalue weighted by atomic mass is 10.2. The van der Waals surface area contributed by atoms with Gasteiger partial charge in [-0.3, -0.25) is 4.79 Å². The van der Waals surface area contributed by atoms with Crippen molar-refractivity contribution < 1.29 is 4.79 Å². The molecule has 0 amide bonds.